The Bertz CT molecular complexity index is 541. The molecule has 2 rings (SSSR count). The Balaban J connectivity index is 1.95. The highest BCUT2D eigenvalue weighted by Gasteiger charge is 2.14. The summed E-state index contributed by atoms with van der Waals surface area (Å²) in [6.07, 6.45) is 3.76. The molecule has 0 spiro atoms. The monoisotopic (exact) mass is 271 g/mol. The molecule has 0 aliphatic carbocycles. The number of likely N-dealkylation sites (N-methyl/N-ethyl adjacent to an activating group) is 1. The minimum atomic E-state index is 0.569. The van der Waals surface area contributed by atoms with Crippen LogP contribution in [0.4, 0.5) is 0 Å². The number of rotatable bonds is 6. The van der Waals surface area contributed by atoms with Crippen LogP contribution in [0.2, 0.25) is 0 Å². The van der Waals surface area contributed by atoms with Crippen molar-refractivity contribution < 1.29 is 0 Å². The number of aromatic nitrogens is 1. The van der Waals surface area contributed by atoms with Gasteiger partial charge in [-0.2, -0.15) is 0 Å². The Morgan fingerprint density at radius 2 is 1.95 bits per heavy atom. The molecule has 0 saturated heterocycles. The topological polar surface area (TPSA) is 28.2 Å². The van der Waals surface area contributed by atoms with Gasteiger partial charge in [-0.15, -0.1) is 0 Å². The molecule has 0 aliphatic heterocycles. The highest BCUT2D eigenvalue weighted by Crippen LogP contribution is 2.14. The van der Waals surface area contributed by atoms with Crippen molar-refractivity contribution >= 4 is 10.8 Å². The Kier molecular flexibility index (Phi) is 5.10. The van der Waals surface area contributed by atoms with Crippen molar-refractivity contribution in [3.05, 3.63) is 42.2 Å². The molecule has 1 heterocycles. The summed E-state index contributed by atoms with van der Waals surface area (Å²) in [4.78, 5) is 6.44. The van der Waals surface area contributed by atoms with E-state index in [-0.39, 0.29) is 0 Å². The molecule has 3 nitrogen and oxygen atoms in total. The summed E-state index contributed by atoms with van der Waals surface area (Å²) in [6.45, 7) is 6.47. The van der Waals surface area contributed by atoms with Gasteiger partial charge >= 0.3 is 0 Å². The molecule has 0 amide bonds. The van der Waals surface area contributed by atoms with Gasteiger partial charge in [0.1, 0.15) is 0 Å². The van der Waals surface area contributed by atoms with E-state index in [0.717, 1.165) is 13.1 Å². The summed E-state index contributed by atoms with van der Waals surface area (Å²) in [6, 6.07) is 9.20. The number of hydrogen-bond acceptors (Lipinski definition) is 3. The van der Waals surface area contributed by atoms with Crippen molar-refractivity contribution in [1.82, 2.24) is 15.2 Å². The number of pyridine rings is 1. The van der Waals surface area contributed by atoms with Gasteiger partial charge in [0, 0.05) is 36.9 Å². The fraction of sp³-hybridized carbons (Fsp3) is 0.471. The average Bonchev–Trinajstić information content (AvgIpc) is 2.42. The lowest BCUT2D eigenvalue weighted by molar-refractivity contribution is 0.224. The van der Waals surface area contributed by atoms with Crippen LogP contribution in [0, 0.1) is 5.92 Å². The summed E-state index contributed by atoms with van der Waals surface area (Å²) >= 11 is 0. The van der Waals surface area contributed by atoms with Crippen molar-refractivity contribution in [2.45, 2.75) is 26.4 Å². The molecule has 20 heavy (non-hydrogen) atoms. The van der Waals surface area contributed by atoms with Crippen molar-refractivity contribution in [3.8, 4) is 0 Å². The van der Waals surface area contributed by atoms with Crippen LogP contribution in [0.25, 0.3) is 10.8 Å². The zero-order chi connectivity index (χ0) is 14.5. The number of fused-ring (bicyclic) bond motifs is 1. The predicted octanol–water partition coefficient (Wildman–Crippen LogP) is 2.91. The van der Waals surface area contributed by atoms with Gasteiger partial charge in [0.05, 0.1) is 0 Å². The Hall–Kier alpha value is -1.45. The van der Waals surface area contributed by atoms with Crippen molar-refractivity contribution in [3.63, 3.8) is 0 Å². The number of nitrogens with one attached hydrogen (secondary N) is 1. The summed E-state index contributed by atoms with van der Waals surface area (Å²) in [5, 5.41) is 6.03. The molecule has 0 saturated carbocycles. The minimum Gasteiger partial charge on any atom is -0.311 e. The molecular weight excluding hydrogens is 246 g/mol. The molecule has 3 heteroatoms. The van der Waals surface area contributed by atoms with E-state index in [2.05, 4.69) is 67.4 Å². The van der Waals surface area contributed by atoms with Crippen molar-refractivity contribution in [2.75, 3.05) is 20.6 Å². The van der Waals surface area contributed by atoms with E-state index < -0.39 is 0 Å². The van der Waals surface area contributed by atoms with E-state index in [1.807, 2.05) is 12.4 Å². The van der Waals surface area contributed by atoms with E-state index in [0.29, 0.717) is 12.0 Å². The number of hydrogen-bond donors (Lipinski definition) is 1. The van der Waals surface area contributed by atoms with E-state index in [1.165, 1.54) is 16.3 Å². The lowest BCUT2D eigenvalue weighted by atomic mass is 10.0. The maximum Gasteiger partial charge on any atom is 0.0346 e. The molecule has 1 aromatic heterocycles. The molecule has 1 aromatic carbocycles. The summed E-state index contributed by atoms with van der Waals surface area (Å²) in [7, 11) is 4.30. The van der Waals surface area contributed by atoms with Crippen LogP contribution >= 0.6 is 0 Å². The Morgan fingerprint density at radius 1 is 1.15 bits per heavy atom. The first kappa shape index (κ1) is 14.9. The standard InChI is InChI=1S/C17H25N3/c1-13(2)17(20(3)4)12-19-10-14-5-6-16-11-18-8-7-15(16)9-14/h5-9,11,13,17,19H,10,12H2,1-4H3. The SMILES string of the molecule is CC(C)C(CNCc1ccc2cnccc2c1)N(C)C. The van der Waals surface area contributed by atoms with Crippen LogP contribution in [0.1, 0.15) is 19.4 Å². The molecule has 0 fully saturated rings. The zero-order valence-electron chi connectivity index (χ0n) is 12.9. The maximum absolute atomic E-state index is 4.15. The predicted molar refractivity (Wildman–Crippen MR) is 85.8 cm³/mol. The molecule has 0 aliphatic rings. The highest BCUT2D eigenvalue weighted by molar-refractivity contribution is 5.81. The van der Waals surface area contributed by atoms with Crippen LogP contribution in [0.5, 0.6) is 0 Å². The van der Waals surface area contributed by atoms with E-state index in [4.69, 9.17) is 0 Å². The number of nitrogens with zero attached hydrogens (tertiary/aromatic N) is 2. The molecule has 2 aromatic rings. The highest BCUT2D eigenvalue weighted by atomic mass is 15.1. The zero-order valence-corrected chi connectivity index (χ0v) is 12.9. The van der Waals surface area contributed by atoms with Gasteiger partial charge in [-0.1, -0.05) is 26.0 Å². The van der Waals surface area contributed by atoms with Gasteiger partial charge in [0.15, 0.2) is 0 Å². The van der Waals surface area contributed by atoms with Crippen LogP contribution in [0.15, 0.2) is 36.7 Å². The second-order valence-corrected chi connectivity index (χ2v) is 5.96. The quantitative estimate of drug-likeness (QED) is 0.875. The van der Waals surface area contributed by atoms with Gasteiger partial charge in [-0.3, -0.25) is 4.98 Å². The molecule has 1 unspecified atom stereocenters. The smallest absolute Gasteiger partial charge is 0.0346 e. The third-order valence-electron chi connectivity index (χ3n) is 3.82. The van der Waals surface area contributed by atoms with Gasteiger partial charge < -0.3 is 10.2 Å². The molecule has 0 bridgehead atoms. The third kappa shape index (κ3) is 3.78. The van der Waals surface area contributed by atoms with Gasteiger partial charge in [0.2, 0.25) is 0 Å². The summed E-state index contributed by atoms with van der Waals surface area (Å²) in [5.41, 5.74) is 1.32. The van der Waals surface area contributed by atoms with Gasteiger partial charge in [-0.05, 0) is 43.1 Å². The van der Waals surface area contributed by atoms with Crippen molar-refractivity contribution in [1.29, 1.82) is 0 Å². The van der Waals surface area contributed by atoms with E-state index in [1.54, 1.807) is 0 Å². The van der Waals surface area contributed by atoms with Gasteiger partial charge in [0.25, 0.3) is 0 Å². The number of benzene rings is 1. The first-order valence-corrected chi connectivity index (χ1v) is 7.27. The Labute approximate surface area is 122 Å². The van der Waals surface area contributed by atoms with Crippen molar-refractivity contribution in [2.24, 2.45) is 5.92 Å². The van der Waals surface area contributed by atoms with E-state index in [9.17, 15) is 0 Å². The van der Waals surface area contributed by atoms with Crippen LogP contribution in [-0.4, -0.2) is 36.6 Å². The largest absolute Gasteiger partial charge is 0.311 e. The summed E-state index contributed by atoms with van der Waals surface area (Å²) in [5.74, 6) is 0.653. The minimum absolute atomic E-state index is 0.569. The molecule has 1 N–H and O–H groups in total. The van der Waals surface area contributed by atoms with E-state index >= 15 is 0 Å². The molecule has 1 atom stereocenters. The normalized spacial score (nSPS) is 13.3. The summed E-state index contributed by atoms with van der Waals surface area (Å²) < 4.78 is 0. The lowest BCUT2D eigenvalue weighted by Crippen LogP contribution is -2.41. The Morgan fingerprint density at radius 3 is 2.65 bits per heavy atom. The second-order valence-electron chi connectivity index (χ2n) is 5.96. The van der Waals surface area contributed by atoms with Crippen LogP contribution in [0.3, 0.4) is 0 Å². The second kappa shape index (κ2) is 6.82. The average molecular weight is 271 g/mol. The molecule has 108 valence electrons. The fourth-order valence-corrected chi connectivity index (χ4v) is 2.62. The first-order valence-electron chi connectivity index (χ1n) is 7.27. The maximum atomic E-state index is 4.15. The lowest BCUT2D eigenvalue weighted by Gasteiger charge is -2.28. The first-order chi connectivity index (χ1) is 9.58. The van der Waals surface area contributed by atoms with Gasteiger partial charge in [-0.25, -0.2) is 0 Å². The van der Waals surface area contributed by atoms with Crippen LogP contribution in [-0.2, 0) is 6.54 Å². The molecule has 0 radical (unpaired) electrons. The third-order valence-corrected chi connectivity index (χ3v) is 3.82. The van der Waals surface area contributed by atoms with Crippen LogP contribution < -0.4 is 5.32 Å². The molecular formula is C17H25N3. The fourth-order valence-electron chi connectivity index (χ4n) is 2.62.